The van der Waals surface area contributed by atoms with Gasteiger partial charge in [-0.2, -0.15) is 0 Å². The van der Waals surface area contributed by atoms with E-state index in [0.717, 1.165) is 0 Å². The van der Waals surface area contributed by atoms with Gasteiger partial charge in [0.15, 0.2) is 7.98 Å². The van der Waals surface area contributed by atoms with Crippen LogP contribution >= 0.6 is 0 Å². The highest BCUT2D eigenvalue weighted by atomic mass is 14.6. The van der Waals surface area contributed by atoms with Crippen LogP contribution in [-0.2, 0) is 0 Å². The zero-order valence-electron chi connectivity index (χ0n) is 4.15. The van der Waals surface area contributed by atoms with E-state index in [1.807, 2.05) is 0 Å². The van der Waals surface area contributed by atoms with Crippen molar-refractivity contribution in [2.24, 2.45) is 17.1 Å². The van der Waals surface area contributed by atoms with Crippen molar-refractivity contribution in [3.8, 4) is 0 Å². The molecule has 0 atom stereocenters. The molecule has 0 saturated heterocycles. The molecule has 0 aromatic carbocycles. The Morgan fingerprint density at radius 2 is 1.17 bits per heavy atom. The Balaban J connectivity index is 0. The van der Waals surface area contributed by atoms with Crippen LogP contribution in [0, 0.1) is 0 Å². The molecular weight excluding hydrogens is 76.9 g/mol. The Morgan fingerprint density at radius 1 is 1.00 bits per heavy atom. The predicted octanol–water partition coefficient (Wildman–Crippen LogP) is -2.60. The summed E-state index contributed by atoms with van der Waals surface area (Å²) in [5, 5.41) is 0. The molecule has 3 nitrogen and oxygen atoms in total. The molecule has 38 valence electrons. The SMILES string of the molecule is BN.NCCN. The third-order valence-electron chi connectivity index (χ3n) is 0.167. The van der Waals surface area contributed by atoms with E-state index in [2.05, 4.69) is 5.64 Å². The Kier molecular flexibility index (Phi) is 31.7. The highest BCUT2D eigenvalue weighted by Crippen LogP contribution is 1.24. The van der Waals surface area contributed by atoms with Gasteiger partial charge in [-0.05, 0) is 0 Å². The number of rotatable bonds is 1. The first kappa shape index (κ1) is 9.34. The van der Waals surface area contributed by atoms with Crippen molar-refractivity contribution in [2.75, 3.05) is 13.1 Å². The second-order valence-electron chi connectivity index (χ2n) is 0.577. The number of hydrogen-bond acceptors (Lipinski definition) is 3. The number of hydrogen-bond donors (Lipinski definition) is 3. The van der Waals surface area contributed by atoms with Crippen molar-refractivity contribution >= 4 is 7.98 Å². The van der Waals surface area contributed by atoms with E-state index in [1.165, 1.54) is 7.98 Å². The molecule has 0 spiro atoms. The van der Waals surface area contributed by atoms with Crippen molar-refractivity contribution < 1.29 is 0 Å². The lowest BCUT2D eigenvalue weighted by Crippen LogP contribution is -2.11. The standard InChI is InChI=1S/C2H8N2.BH4N/c3-1-2-4;1-2/h1-4H2;1-2H2. The molecule has 0 aromatic rings. The van der Waals surface area contributed by atoms with E-state index in [4.69, 9.17) is 11.5 Å². The summed E-state index contributed by atoms with van der Waals surface area (Å²) < 4.78 is 0. The van der Waals surface area contributed by atoms with Gasteiger partial charge in [-0.3, -0.25) is 0 Å². The van der Waals surface area contributed by atoms with Gasteiger partial charge in [0.1, 0.15) is 0 Å². The summed E-state index contributed by atoms with van der Waals surface area (Å²) in [4.78, 5) is 0. The summed E-state index contributed by atoms with van der Waals surface area (Å²) in [5.74, 6) is 0. The van der Waals surface area contributed by atoms with E-state index in [-0.39, 0.29) is 0 Å². The fourth-order valence-corrected chi connectivity index (χ4v) is 0. The van der Waals surface area contributed by atoms with Gasteiger partial charge in [-0.15, -0.1) is 0 Å². The highest BCUT2D eigenvalue weighted by molar-refractivity contribution is 6.02. The fourth-order valence-electron chi connectivity index (χ4n) is 0. The number of nitrogens with two attached hydrogens (primary N) is 3. The van der Waals surface area contributed by atoms with Crippen molar-refractivity contribution in [1.82, 2.24) is 0 Å². The second-order valence-corrected chi connectivity index (χ2v) is 0.577. The smallest absolute Gasteiger partial charge is 0.178 e. The maximum absolute atomic E-state index is 4.90. The van der Waals surface area contributed by atoms with Crippen molar-refractivity contribution in [2.45, 2.75) is 0 Å². The van der Waals surface area contributed by atoms with Crippen LogP contribution in [-0.4, -0.2) is 21.1 Å². The normalized spacial score (nSPS) is 5.83. The molecule has 0 fully saturated rings. The molecule has 4 heteroatoms. The summed E-state index contributed by atoms with van der Waals surface area (Å²) in [6.45, 7) is 1.19. The van der Waals surface area contributed by atoms with Gasteiger partial charge in [0, 0.05) is 13.1 Å². The molecule has 0 rings (SSSR count). The minimum atomic E-state index is 0.597. The van der Waals surface area contributed by atoms with Crippen LogP contribution in [0.25, 0.3) is 0 Å². The molecule has 6 heavy (non-hydrogen) atoms. The highest BCUT2D eigenvalue weighted by Gasteiger charge is 1.54. The first-order chi connectivity index (χ1) is 2.91. The van der Waals surface area contributed by atoms with Crippen LogP contribution in [0.2, 0.25) is 0 Å². The molecule has 0 saturated carbocycles. The summed E-state index contributed by atoms with van der Waals surface area (Å²) in [7, 11) is 1.50. The van der Waals surface area contributed by atoms with Crippen LogP contribution in [0.4, 0.5) is 0 Å². The predicted molar refractivity (Wildman–Crippen MR) is 30.8 cm³/mol. The van der Waals surface area contributed by atoms with Gasteiger partial charge in [-0.25, -0.2) is 0 Å². The Bertz CT molecular complexity index is 10.8. The van der Waals surface area contributed by atoms with Gasteiger partial charge >= 0.3 is 0 Å². The Labute approximate surface area is 39.3 Å². The lowest BCUT2D eigenvalue weighted by Gasteiger charge is -1.72. The zero-order chi connectivity index (χ0) is 5.41. The molecule has 0 aliphatic rings. The summed E-state index contributed by atoms with van der Waals surface area (Å²) in [6.07, 6.45) is 0. The van der Waals surface area contributed by atoms with Gasteiger partial charge in [-0.1, -0.05) is 0 Å². The summed E-state index contributed by atoms with van der Waals surface area (Å²) in [6, 6.07) is 0. The molecule has 0 bridgehead atoms. The fraction of sp³-hybridized carbons (Fsp3) is 1.00. The molecule has 0 aliphatic heterocycles. The average Bonchev–Trinajstić information content (AvgIpc) is 1.72. The summed E-state index contributed by atoms with van der Waals surface area (Å²) in [5.41, 5.74) is 14.3. The molecule has 6 N–H and O–H groups in total. The first-order valence-corrected chi connectivity index (χ1v) is 1.89. The average molecular weight is 89.0 g/mol. The molecule has 0 aromatic heterocycles. The van der Waals surface area contributed by atoms with E-state index in [1.54, 1.807) is 0 Å². The van der Waals surface area contributed by atoms with Gasteiger partial charge in [0.05, 0.1) is 0 Å². The maximum atomic E-state index is 4.90. The van der Waals surface area contributed by atoms with Crippen LogP contribution in [0.15, 0.2) is 0 Å². The molecule has 0 radical (unpaired) electrons. The lowest BCUT2D eigenvalue weighted by atomic mass is 10.5. The quantitative estimate of drug-likeness (QED) is 0.308. The van der Waals surface area contributed by atoms with Gasteiger partial charge in [0.25, 0.3) is 0 Å². The molecule has 0 heterocycles. The van der Waals surface area contributed by atoms with Crippen LogP contribution in [0.3, 0.4) is 0 Å². The van der Waals surface area contributed by atoms with E-state index < -0.39 is 0 Å². The first-order valence-electron chi connectivity index (χ1n) is 1.89. The van der Waals surface area contributed by atoms with E-state index >= 15 is 0 Å². The lowest BCUT2D eigenvalue weighted by molar-refractivity contribution is 0.976. The van der Waals surface area contributed by atoms with E-state index in [0.29, 0.717) is 13.1 Å². The molecule has 0 aliphatic carbocycles. The third kappa shape index (κ3) is 38.3. The summed E-state index contributed by atoms with van der Waals surface area (Å²) >= 11 is 0. The van der Waals surface area contributed by atoms with Crippen molar-refractivity contribution in [3.63, 3.8) is 0 Å². The van der Waals surface area contributed by atoms with Crippen LogP contribution in [0.1, 0.15) is 0 Å². The van der Waals surface area contributed by atoms with E-state index in [9.17, 15) is 0 Å². The van der Waals surface area contributed by atoms with Crippen LogP contribution in [0.5, 0.6) is 0 Å². The van der Waals surface area contributed by atoms with Gasteiger partial charge < -0.3 is 17.1 Å². The van der Waals surface area contributed by atoms with Crippen LogP contribution < -0.4 is 17.1 Å². The van der Waals surface area contributed by atoms with Crippen molar-refractivity contribution in [3.05, 3.63) is 0 Å². The topological polar surface area (TPSA) is 78.1 Å². The Morgan fingerprint density at radius 3 is 1.17 bits per heavy atom. The zero-order valence-corrected chi connectivity index (χ0v) is 4.15. The minimum absolute atomic E-state index is 0.597. The second kappa shape index (κ2) is 20.3. The van der Waals surface area contributed by atoms with Crippen molar-refractivity contribution in [1.29, 1.82) is 0 Å². The molecular formula is C2H12BN3. The van der Waals surface area contributed by atoms with Gasteiger partial charge in [0.2, 0.25) is 0 Å². The monoisotopic (exact) mass is 89.1 g/mol. The molecule has 0 unspecified atom stereocenters. The minimum Gasteiger partial charge on any atom is -0.376 e. The third-order valence-corrected chi connectivity index (χ3v) is 0.167. The molecule has 0 amide bonds. The largest absolute Gasteiger partial charge is 0.376 e. The maximum Gasteiger partial charge on any atom is 0.178 e. The Hall–Kier alpha value is -0.0551.